The van der Waals surface area contributed by atoms with Crippen molar-refractivity contribution in [2.75, 3.05) is 26.2 Å². The van der Waals surface area contributed by atoms with E-state index in [0.717, 1.165) is 0 Å². The molecule has 2 unspecified atom stereocenters. The maximum absolute atomic E-state index is 12.9. The van der Waals surface area contributed by atoms with Crippen molar-refractivity contribution < 1.29 is 14.7 Å². The largest absolute Gasteiger partial charge is 0.465 e. The molecule has 1 aromatic heterocycles. The van der Waals surface area contributed by atoms with Gasteiger partial charge in [-0.25, -0.2) is 4.79 Å². The van der Waals surface area contributed by atoms with E-state index in [-0.39, 0.29) is 17.7 Å². The maximum atomic E-state index is 12.9. The fourth-order valence-corrected chi connectivity index (χ4v) is 3.65. The van der Waals surface area contributed by atoms with Gasteiger partial charge in [-0.1, -0.05) is 12.1 Å². The highest BCUT2D eigenvalue weighted by Crippen LogP contribution is 2.32. The molecule has 2 aromatic rings. The number of hydrogen-bond acceptors (Lipinski definition) is 4. The first-order valence-electron chi connectivity index (χ1n) is 7.86. The van der Waals surface area contributed by atoms with Crippen molar-refractivity contribution in [3.8, 4) is 5.69 Å². The number of amides is 2. The number of aromatic nitrogens is 3. The Kier molecular flexibility index (Phi) is 3.44. The summed E-state index contributed by atoms with van der Waals surface area (Å²) in [6.45, 7) is 2.20. The quantitative estimate of drug-likeness (QED) is 0.886. The van der Waals surface area contributed by atoms with E-state index in [1.165, 1.54) is 9.70 Å². The summed E-state index contributed by atoms with van der Waals surface area (Å²) >= 11 is 0. The number of hydrogen-bond donors (Lipinski definition) is 1. The van der Waals surface area contributed by atoms with E-state index in [4.69, 9.17) is 5.11 Å². The van der Waals surface area contributed by atoms with Gasteiger partial charge in [0.05, 0.1) is 23.6 Å². The molecule has 8 nitrogen and oxygen atoms in total. The average molecular weight is 327 g/mol. The molecule has 0 spiro atoms. The SMILES string of the molecule is O=C(O)N1CC2CN(C(=O)c3ccccc3-n3nccn3)CC2C1. The van der Waals surface area contributed by atoms with Gasteiger partial charge in [0.1, 0.15) is 0 Å². The second-order valence-corrected chi connectivity index (χ2v) is 6.25. The summed E-state index contributed by atoms with van der Waals surface area (Å²) in [4.78, 5) is 28.7. The minimum Gasteiger partial charge on any atom is -0.465 e. The number of carbonyl (C=O) groups is 2. The van der Waals surface area contributed by atoms with Crippen LogP contribution in [-0.2, 0) is 0 Å². The molecule has 2 saturated heterocycles. The molecule has 1 N–H and O–H groups in total. The number of para-hydroxylation sites is 1. The first-order valence-corrected chi connectivity index (χ1v) is 7.86. The summed E-state index contributed by atoms with van der Waals surface area (Å²) in [5.41, 5.74) is 1.21. The molecule has 2 amide bonds. The van der Waals surface area contributed by atoms with Crippen molar-refractivity contribution in [3.63, 3.8) is 0 Å². The summed E-state index contributed by atoms with van der Waals surface area (Å²) in [6, 6.07) is 7.26. The maximum Gasteiger partial charge on any atom is 0.407 e. The molecule has 8 heteroatoms. The van der Waals surface area contributed by atoms with E-state index >= 15 is 0 Å². The predicted molar refractivity (Wildman–Crippen MR) is 83.8 cm³/mol. The monoisotopic (exact) mass is 327 g/mol. The molecule has 4 rings (SSSR count). The number of carboxylic acid groups (broad SMARTS) is 1. The lowest BCUT2D eigenvalue weighted by Crippen LogP contribution is -2.35. The van der Waals surface area contributed by atoms with Crippen LogP contribution in [0.2, 0.25) is 0 Å². The van der Waals surface area contributed by atoms with Crippen LogP contribution >= 0.6 is 0 Å². The predicted octanol–water partition coefficient (Wildman–Crippen LogP) is 0.949. The van der Waals surface area contributed by atoms with Crippen LogP contribution in [0.4, 0.5) is 4.79 Å². The Morgan fingerprint density at radius 2 is 1.54 bits per heavy atom. The van der Waals surface area contributed by atoms with Crippen molar-refractivity contribution in [2.45, 2.75) is 0 Å². The van der Waals surface area contributed by atoms with Crippen molar-refractivity contribution >= 4 is 12.0 Å². The van der Waals surface area contributed by atoms with Gasteiger partial charge in [0.15, 0.2) is 0 Å². The van der Waals surface area contributed by atoms with Crippen LogP contribution < -0.4 is 0 Å². The van der Waals surface area contributed by atoms with Gasteiger partial charge in [0, 0.05) is 38.0 Å². The minimum atomic E-state index is -0.877. The van der Waals surface area contributed by atoms with Crippen molar-refractivity contribution in [1.82, 2.24) is 24.8 Å². The van der Waals surface area contributed by atoms with Crippen LogP contribution in [0.1, 0.15) is 10.4 Å². The van der Waals surface area contributed by atoms with Crippen LogP contribution in [0.3, 0.4) is 0 Å². The molecular weight excluding hydrogens is 310 g/mol. The smallest absolute Gasteiger partial charge is 0.407 e. The molecule has 2 fully saturated rings. The molecular formula is C16H17N5O3. The van der Waals surface area contributed by atoms with E-state index in [1.54, 1.807) is 18.5 Å². The zero-order valence-corrected chi connectivity index (χ0v) is 12.9. The second-order valence-electron chi connectivity index (χ2n) is 6.25. The lowest BCUT2D eigenvalue weighted by Gasteiger charge is -2.21. The van der Waals surface area contributed by atoms with E-state index in [1.807, 2.05) is 23.1 Å². The van der Waals surface area contributed by atoms with Gasteiger partial charge < -0.3 is 14.9 Å². The Morgan fingerprint density at radius 1 is 0.958 bits per heavy atom. The van der Waals surface area contributed by atoms with Crippen LogP contribution in [0.15, 0.2) is 36.7 Å². The van der Waals surface area contributed by atoms with Crippen LogP contribution in [0.25, 0.3) is 5.69 Å². The number of nitrogens with zero attached hydrogens (tertiary/aromatic N) is 5. The van der Waals surface area contributed by atoms with Crippen LogP contribution in [-0.4, -0.2) is 68.1 Å². The van der Waals surface area contributed by atoms with Crippen LogP contribution in [0.5, 0.6) is 0 Å². The molecule has 124 valence electrons. The molecule has 0 bridgehead atoms. The first kappa shape index (κ1) is 14.7. The summed E-state index contributed by atoms with van der Waals surface area (Å²) < 4.78 is 0. The molecule has 2 atom stereocenters. The highest BCUT2D eigenvalue weighted by atomic mass is 16.4. The highest BCUT2D eigenvalue weighted by molar-refractivity contribution is 5.97. The molecule has 0 aliphatic carbocycles. The second kappa shape index (κ2) is 5.63. The van der Waals surface area contributed by atoms with Gasteiger partial charge in [-0.3, -0.25) is 4.79 Å². The lowest BCUT2D eigenvalue weighted by atomic mass is 10.0. The fraction of sp³-hybridized carbons (Fsp3) is 0.375. The Hall–Kier alpha value is -2.90. The van der Waals surface area contributed by atoms with Gasteiger partial charge in [0.2, 0.25) is 0 Å². The van der Waals surface area contributed by atoms with Crippen molar-refractivity contribution in [3.05, 3.63) is 42.2 Å². The fourth-order valence-electron chi connectivity index (χ4n) is 3.65. The van der Waals surface area contributed by atoms with Gasteiger partial charge >= 0.3 is 6.09 Å². The Balaban J connectivity index is 1.54. The van der Waals surface area contributed by atoms with Crippen LogP contribution in [0, 0.1) is 11.8 Å². The summed E-state index contributed by atoms with van der Waals surface area (Å²) in [7, 11) is 0. The molecule has 0 saturated carbocycles. The van der Waals surface area contributed by atoms with Gasteiger partial charge in [-0.05, 0) is 12.1 Å². The molecule has 1 aromatic carbocycles. The number of carbonyl (C=O) groups excluding carboxylic acids is 1. The zero-order valence-electron chi connectivity index (χ0n) is 12.9. The number of benzene rings is 1. The van der Waals surface area contributed by atoms with Gasteiger partial charge in [-0.15, -0.1) is 0 Å². The normalized spacial score (nSPS) is 22.7. The number of likely N-dealkylation sites (tertiary alicyclic amines) is 2. The summed E-state index contributed by atoms with van der Waals surface area (Å²) in [5, 5.41) is 17.3. The zero-order chi connectivity index (χ0) is 16.7. The molecule has 3 heterocycles. The Labute approximate surface area is 138 Å². The van der Waals surface area contributed by atoms with Crippen molar-refractivity contribution in [1.29, 1.82) is 0 Å². The van der Waals surface area contributed by atoms with E-state index in [2.05, 4.69) is 10.2 Å². The molecule has 24 heavy (non-hydrogen) atoms. The van der Waals surface area contributed by atoms with E-state index in [0.29, 0.717) is 37.4 Å². The van der Waals surface area contributed by atoms with E-state index < -0.39 is 6.09 Å². The third kappa shape index (κ3) is 2.40. The minimum absolute atomic E-state index is 0.0563. The third-order valence-corrected chi connectivity index (χ3v) is 4.81. The van der Waals surface area contributed by atoms with Crippen molar-refractivity contribution in [2.24, 2.45) is 11.8 Å². The summed E-state index contributed by atoms with van der Waals surface area (Å²) in [6.07, 6.45) is 2.27. The number of fused-ring (bicyclic) bond motifs is 1. The molecule has 0 radical (unpaired) electrons. The summed E-state index contributed by atoms with van der Waals surface area (Å²) in [5.74, 6) is 0.388. The van der Waals surface area contributed by atoms with E-state index in [9.17, 15) is 9.59 Å². The average Bonchev–Trinajstić information content (AvgIpc) is 3.29. The Morgan fingerprint density at radius 3 is 2.17 bits per heavy atom. The standard InChI is InChI=1S/C16H17N5O3/c22-15(13-3-1-2-4-14(13)21-17-5-6-18-21)19-7-11-9-20(16(23)24)10-12(11)8-19/h1-6,11-12H,7-10H2,(H,23,24). The third-order valence-electron chi connectivity index (χ3n) is 4.81. The first-order chi connectivity index (χ1) is 11.6. The highest BCUT2D eigenvalue weighted by Gasteiger charge is 2.43. The number of rotatable bonds is 2. The topological polar surface area (TPSA) is 91.6 Å². The Bertz CT molecular complexity index is 762. The van der Waals surface area contributed by atoms with Gasteiger partial charge in [0.25, 0.3) is 5.91 Å². The lowest BCUT2D eigenvalue weighted by molar-refractivity contribution is 0.0774. The van der Waals surface area contributed by atoms with Gasteiger partial charge in [-0.2, -0.15) is 15.0 Å². The molecule has 2 aliphatic rings. The molecule has 2 aliphatic heterocycles.